The van der Waals surface area contributed by atoms with Gasteiger partial charge in [0.2, 0.25) is 0 Å². The molecular weight excluding hydrogens is 266 g/mol. The molecular formula is C17H17NO3. The summed E-state index contributed by atoms with van der Waals surface area (Å²) in [5, 5.41) is 9.05. The largest absolute Gasteiger partial charge is 0.497 e. The van der Waals surface area contributed by atoms with Gasteiger partial charge in [-0.05, 0) is 41.0 Å². The maximum absolute atomic E-state index is 11.0. The number of benzene rings is 2. The van der Waals surface area contributed by atoms with E-state index in [1.807, 2.05) is 24.3 Å². The van der Waals surface area contributed by atoms with E-state index in [2.05, 4.69) is 11.0 Å². The van der Waals surface area contributed by atoms with Crippen molar-refractivity contribution in [1.29, 1.82) is 0 Å². The van der Waals surface area contributed by atoms with Gasteiger partial charge in [-0.2, -0.15) is 0 Å². The van der Waals surface area contributed by atoms with Gasteiger partial charge in [0.05, 0.1) is 12.7 Å². The lowest BCUT2D eigenvalue weighted by molar-refractivity contribution is 0.0696. The number of carboxylic acid groups (broad SMARTS) is 1. The number of ether oxygens (including phenoxy) is 1. The zero-order valence-corrected chi connectivity index (χ0v) is 11.9. The summed E-state index contributed by atoms with van der Waals surface area (Å²) in [5.41, 5.74) is 3.87. The average Bonchev–Trinajstić information content (AvgIpc) is 2.88. The Bertz CT molecular complexity index is 681. The first-order chi connectivity index (χ1) is 10.2. The van der Waals surface area contributed by atoms with Gasteiger partial charge in [0.25, 0.3) is 0 Å². The highest BCUT2D eigenvalue weighted by Gasteiger charge is 2.20. The molecule has 2 aromatic carbocycles. The fourth-order valence-electron chi connectivity index (χ4n) is 2.74. The molecule has 0 saturated heterocycles. The number of hydrogen-bond acceptors (Lipinski definition) is 3. The minimum atomic E-state index is -0.871. The van der Waals surface area contributed by atoms with Crippen molar-refractivity contribution in [3.8, 4) is 5.75 Å². The molecule has 1 aliphatic rings. The number of hydrogen-bond donors (Lipinski definition) is 1. The van der Waals surface area contributed by atoms with E-state index in [9.17, 15) is 4.79 Å². The number of aromatic carboxylic acids is 1. The van der Waals surface area contributed by atoms with Crippen molar-refractivity contribution in [2.24, 2.45) is 0 Å². The first kappa shape index (κ1) is 13.6. The molecule has 2 aromatic rings. The number of fused-ring (bicyclic) bond motifs is 1. The normalized spacial score (nSPS) is 14.0. The first-order valence-corrected chi connectivity index (χ1v) is 6.86. The third-order valence-corrected chi connectivity index (χ3v) is 3.78. The van der Waals surface area contributed by atoms with Crippen molar-refractivity contribution in [3.05, 3.63) is 64.7 Å². The molecule has 0 fully saturated rings. The second-order valence-corrected chi connectivity index (χ2v) is 5.29. The van der Waals surface area contributed by atoms with Crippen molar-refractivity contribution in [3.63, 3.8) is 0 Å². The van der Waals surface area contributed by atoms with E-state index in [0.717, 1.165) is 30.9 Å². The summed E-state index contributed by atoms with van der Waals surface area (Å²) in [6.07, 6.45) is 0. The predicted octanol–water partition coefficient (Wildman–Crippen LogP) is 2.91. The molecule has 0 atom stereocenters. The molecule has 0 saturated carbocycles. The lowest BCUT2D eigenvalue weighted by Gasteiger charge is -2.15. The Hall–Kier alpha value is -2.33. The van der Waals surface area contributed by atoms with Gasteiger partial charge < -0.3 is 9.84 Å². The summed E-state index contributed by atoms with van der Waals surface area (Å²) in [7, 11) is 1.66. The van der Waals surface area contributed by atoms with Gasteiger partial charge in [-0.25, -0.2) is 4.79 Å². The number of nitrogens with zero attached hydrogens (tertiary/aromatic N) is 1. The Morgan fingerprint density at radius 2 is 2.00 bits per heavy atom. The maximum atomic E-state index is 11.0. The summed E-state index contributed by atoms with van der Waals surface area (Å²) < 4.78 is 5.24. The first-order valence-electron chi connectivity index (χ1n) is 6.86. The van der Waals surface area contributed by atoms with Gasteiger partial charge in [0.1, 0.15) is 5.75 Å². The second kappa shape index (κ2) is 5.58. The third-order valence-electron chi connectivity index (χ3n) is 3.78. The summed E-state index contributed by atoms with van der Waals surface area (Å²) >= 11 is 0. The summed E-state index contributed by atoms with van der Waals surface area (Å²) in [4.78, 5) is 13.3. The molecule has 0 amide bonds. The van der Waals surface area contributed by atoms with Crippen LogP contribution in [0.2, 0.25) is 0 Å². The molecule has 1 heterocycles. The van der Waals surface area contributed by atoms with E-state index >= 15 is 0 Å². The molecule has 0 aliphatic carbocycles. The summed E-state index contributed by atoms with van der Waals surface area (Å²) in [5.74, 6) is -0.0126. The molecule has 21 heavy (non-hydrogen) atoms. The van der Waals surface area contributed by atoms with Gasteiger partial charge >= 0.3 is 5.97 Å². The van der Waals surface area contributed by atoms with Gasteiger partial charge in [-0.3, -0.25) is 4.90 Å². The molecule has 108 valence electrons. The molecule has 0 spiro atoms. The van der Waals surface area contributed by atoms with Crippen molar-refractivity contribution < 1.29 is 14.6 Å². The third kappa shape index (κ3) is 2.90. The Morgan fingerprint density at radius 1 is 1.19 bits per heavy atom. The highest BCUT2D eigenvalue weighted by molar-refractivity contribution is 5.87. The van der Waals surface area contributed by atoms with Crippen LogP contribution in [0.3, 0.4) is 0 Å². The molecule has 1 N–H and O–H groups in total. The van der Waals surface area contributed by atoms with Crippen LogP contribution in [0.4, 0.5) is 0 Å². The highest BCUT2D eigenvalue weighted by atomic mass is 16.5. The smallest absolute Gasteiger partial charge is 0.335 e. The van der Waals surface area contributed by atoms with E-state index in [1.54, 1.807) is 19.2 Å². The number of rotatable bonds is 4. The standard InChI is InChI=1S/C17H17NO3/c1-21-16-4-2-3-12(7-16)9-18-10-14-6-5-13(17(19)20)8-15(14)11-18/h2-8H,9-11H2,1H3,(H,19,20). The Morgan fingerprint density at radius 3 is 2.76 bits per heavy atom. The zero-order valence-electron chi connectivity index (χ0n) is 11.9. The molecule has 1 aliphatic heterocycles. The molecule has 0 radical (unpaired) electrons. The lowest BCUT2D eigenvalue weighted by atomic mass is 10.1. The maximum Gasteiger partial charge on any atom is 0.335 e. The number of methoxy groups -OCH3 is 1. The van der Waals surface area contributed by atoms with Gasteiger partial charge in [0, 0.05) is 19.6 Å². The van der Waals surface area contributed by atoms with Crippen LogP contribution in [0.1, 0.15) is 27.0 Å². The van der Waals surface area contributed by atoms with Crippen LogP contribution in [-0.4, -0.2) is 23.1 Å². The van der Waals surface area contributed by atoms with Crippen molar-refractivity contribution in [2.45, 2.75) is 19.6 Å². The second-order valence-electron chi connectivity index (χ2n) is 5.29. The number of carbonyl (C=O) groups is 1. The number of carboxylic acids is 1. The van der Waals surface area contributed by atoms with E-state index in [1.165, 1.54) is 11.1 Å². The van der Waals surface area contributed by atoms with Gasteiger partial charge in [-0.1, -0.05) is 18.2 Å². The van der Waals surface area contributed by atoms with E-state index in [-0.39, 0.29) is 0 Å². The molecule has 0 bridgehead atoms. The van der Waals surface area contributed by atoms with E-state index < -0.39 is 5.97 Å². The van der Waals surface area contributed by atoms with Crippen LogP contribution in [0.25, 0.3) is 0 Å². The Labute approximate surface area is 123 Å². The van der Waals surface area contributed by atoms with Crippen molar-refractivity contribution in [2.75, 3.05) is 7.11 Å². The topological polar surface area (TPSA) is 49.8 Å². The summed E-state index contributed by atoms with van der Waals surface area (Å²) in [6, 6.07) is 13.4. The minimum Gasteiger partial charge on any atom is -0.497 e. The van der Waals surface area contributed by atoms with Crippen LogP contribution in [0, 0.1) is 0 Å². The summed E-state index contributed by atoms with van der Waals surface area (Å²) in [6.45, 7) is 2.47. The van der Waals surface area contributed by atoms with Crippen LogP contribution >= 0.6 is 0 Å². The van der Waals surface area contributed by atoms with Crippen LogP contribution in [0.15, 0.2) is 42.5 Å². The minimum absolute atomic E-state index is 0.358. The van der Waals surface area contributed by atoms with Crippen molar-refractivity contribution >= 4 is 5.97 Å². The average molecular weight is 283 g/mol. The van der Waals surface area contributed by atoms with Crippen LogP contribution < -0.4 is 4.74 Å². The highest BCUT2D eigenvalue weighted by Crippen LogP contribution is 2.26. The monoisotopic (exact) mass is 283 g/mol. The molecule has 0 unspecified atom stereocenters. The van der Waals surface area contributed by atoms with Gasteiger partial charge in [-0.15, -0.1) is 0 Å². The Kier molecular flexibility index (Phi) is 3.62. The van der Waals surface area contributed by atoms with E-state index in [4.69, 9.17) is 9.84 Å². The van der Waals surface area contributed by atoms with Gasteiger partial charge in [0.15, 0.2) is 0 Å². The predicted molar refractivity (Wildman–Crippen MR) is 79.3 cm³/mol. The fourth-order valence-corrected chi connectivity index (χ4v) is 2.74. The quantitative estimate of drug-likeness (QED) is 0.937. The zero-order chi connectivity index (χ0) is 14.8. The van der Waals surface area contributed by atoms with Crippen LogP contribution in [0.5, 0.6) is 5.75 Å². The molecule has 4 nitrogen and oxygen atoms in total. The SMILES string of the molecule is COc1cccc(CN2Cc3ccc(C(=O)O)cc3C2)c1. The van der Waals surface area contributed by atoms with E-state index in [0.29, 0.717) is 5.56 Å². The lowest BCUT2D eigenvalue weighted by Crippen LogP contribution is -2.15. The molecule has 3 rings (SSSR count). The fraction of sp³-hybridized carbons (Fsp3) is 0.235. The van der Waals surface area contributed by atoms with Crippen molar-refractivity contribution in [1.82, 2.24) is 4.90 Å². The molecule has 0 aromatic heterocycles. The Balaban J connectivity index is 1.73. The molecule has 4 heteroatoms. The van der Waals surface area contributed by atoms with Crippen LogP contribution in [-0.2, 0) is 19.6 Å².